The zero-order valence-electron chi connectivity index (χ0n) is 15.2. The molecule has 0 bridgehead atoms. The van der Waals surface area contributed by atoms with E-state index in [0.29, 0.717) is 17.1 Å². The van der Waals surface area contributed by atoms with Crippen molar-refractivity contribution in [1.29, 1.82) is 5.26 Å². The summed E-state index contributed by atoms with van der Waals surface area (Å²) in [6.07, 6.45) is 0.198. The van der Waals surface area contributed by atoms with Gasteiger partial charge in [0, 0.05) is 24.7 Å². The monoisotopic (exact) mass is 555 g/mol. The number of phenols is 1. The molecule has 4 aromatic rings. The van der Waals surface area contributed by atoms with Gasteiger partial charge in [0.05, 0.1) is 18.1 Å². The number of rotatable bonds is 4. The summed E-state index contributed by atoms with van der Waals surface area (Å²) in [5.74, 6) is 1.34. The van der Waals surface area contributed by atoms with Crippen molar-refractivity contribution < 1.29 is 9.52 Å². The van der Waals surface area contributed by atoms with Crippen molar-refractivity contribution in [2.24, 2.45) is 0 Å². The molecular weight excluding hydrogens is 541 g/mol. The van der Waals surface area contributed by atoms with E-state index in [-0.39, 0.29) is 12.2 Å². The van der Waals surface area contributed by atoms with Crippen LogP contribution in [0.25, 0.3) is 33.8 Å². The van der Waals surface area contributed by atoms with Gasteiger partial charge in [0.25, 0.3) is 0 Å². The number of phenolic OH excluding ortho intramolecular Hbond substituents is 1. The summed E-state index contributed by atoms with van der Waals surface area (Å²) < 4.78 is 8.43. The quantitative estimate of drug-likeness (QED) is 0.266. The maximum atomic E-state index is 10.5. The molecule has 0 unspecified atom stereocenters. The fourth-order valence-corrected chi connectivity index (χ4v) is 3.95. The number of furan rings is 1. The van der Waals surface area contributed by atoms with E-state index in [2.05, 4.69) is 44.6 Å². The molecule has 4 rings (SSSR count). The lowest BCUT2D eigenvalue weighted by molar-refractivity contribution is 0.474. The molecule has 0 aliphatic heterocycles. The molecule has 0 amide bonds. The molecule has 0 fully saturated rings. The third kappa shape index (κ3) is 3.96. The minimum atomic E-state index is 0.138. The van der Waals surface area contributed by atoms with Gasteiger partial charge in [-0.1, -0.05) is 52.3 Å². The molecule has 142 valence electrons. The molecule has 1 heterocycles. The second-order valence-corrected chi connectivity index (χ2v) is 8.64. The molecule has 3 nitrogen and oxygen atoms in total. The first kappa shape index (κ1) is 19.7. The van der Waals surface area contributed by atoms with Crippen LogP contribution in [0.2, 0.25) is 0 Å². The van der Waals surface area contributed by atoms with Crippen LogP contribution in [0.3, 0.4) is 0 Å². The molecule has 0 aliphatic carbocycles. The maximum absolute atomic E-state index is 10.5. The van der Waals surface area contributed by atoms with Gasteiger partial charge in [-0.2, -0.15) is 5.26 Å². The number of nitriles is 1. The Hall–Kier alpha value is -2.56. The Kier molecular flexibility index (Phi) is 5.74. The highest BCUT2D eigenvalue weighted by Gasteiger charge is 2.25. The van der Waals surface area contributed by atoms with E-state index in [9.17, 15) is 10.4 Å². The smallest absolute Gasteiger partial charge is 0.146 e. The summed E-state index contributed by atoms with van der Waals surface area (Å²) >= 11 is 5.72. The largest absolute Gasteiger partial charge is 0.507 e. The van der Waals surface area contributed by atoms with Gasteiger partial charge in [-0.3, -0.25) is 0 Å². The predicted octanol–water partition coefficient (Wildman–Crippen LogP) is 7.42. The summed E-state index contributed by atoms with van der Waals surface area (Å²) in [4.78, 5) is 0. The summed E-state index contributed by atoms with van der Waals surface area (Å²) in [6.45, 7) is 0. The number of nitrogens with zero attached hydrogens (tertiary/aromatic N) is 1. The second-order valence-electron chi connectivity index (χ2n) is 6.48. The van der Waals surface area contributed by atoms with Gasteiger partial charge in [0.1, 0.15) is 17.3 Å². The minimum Gasteiger partial charge on any atom is -0.507 e. The summed E-state index contributed by atoms with van der Waals surface area (Å²) in [7, 11) is 0. The van der Waals surface area contributed by atoms with E-state index in [4.69, 9.17) is 4.42 Å². The Morgan fingerprint density at radius 2 is 1.55 bits per heavy atom. The van der Waals surface area contributed by atoms with E-state index >= 15 is 0 Å². The molecule has 0 aliphatic rings. The highest BCUT2D eigenvalue weighted by atomic mass is 127. The van der Waals surface area contributed by atoms with E-state index in [1.165, 1.54) is 0 Å². The predicted molar refractivity (Wildman–Crippen MR) is 126 cm³/mol. The van der Waals surface area contributed by atoms with Crippen LogP contribution in [0.4, 0.5) is 0 Å². The van der Waals surface area contributed by atoms with Gasteiger partial charge < -0.3 is 9.52 Å². The second kappa shape index (κ2) is 8.44. The Labute approximate surface area is 190 Å². The normalized spacial score (nSPS) is 10.7. The van der Waals surface area contributed by atoms with E-state index in [0.717, 1.165) is 30.3 Å². The molecule has 1 N–H and O–H groups in total. The number of benzene rings is 3. The van der Waals surface area contributed by atoms with Crippen molar-refractivity contribution in [3.8, 4) is 45.6 Å². The van der Waals surface area contributed by atoms with E-state index in [1.807, 2.05) is 60.7 Å². The van der Waals surface area contributed by atoms with Crippen molar-refractivity contribution in [2.45, 2.75) is 6.42 Å². The zero-order chi connectivity index (χ0) is 20.4. The first-order chi connectivity index (χ1) is 14.1. The van der Waals surface area contributed by atoms with Crippen molar-refractivity contribution in [1.82, 2.24) is 0 Å². The van der Waals surface area contributed by atoms with Crippen LogP contribution in [0.15, 0.2) is 81.7 Å². The summed E-state index contributed by atoms with van der Waals surface area (Å²) in [5.41, 5.74) is 4.08. The summed E-state index contributed by atoms with van der Waals surface area (Å²) in [5, 5.41) is 20.0. The lowest BCUT2D eigenvalue weighted by Gasteiger charge is -2.07. The van der Waals surface area contributed by atoms with Gasteiger partial charge in [0.15, 0.2) is 0 Å². The van der Waals surface area contributed by atoms with Gasteiger partial charge in [0.2, 0.25) is 0 Å². The van der Waals surface area contributed by atoms with Crippen molar-refractivity contribution in [2.75, 3.05) is 0 Å². The molecule has 0 saturated carbocycles. The number of aromatic hydroxyl groups is 1. The molecule has 5 heteroatoms. The molecular formula is C24H15BrINO2. The van der Waals surface area contributed by atoms with E-state index in [1.54, 1.807) is 12.1 Å². The van der Waals surface area contributed by atoms with Gasteiger partial charge in [-0.15, -0.1) is 0 Å². The zero-order valence-corrected chi connectivity index (χ0v) is 18.9. The van der Waals surface area contributed by atoms with Crippen LogP contribution in [-0.4, -0.2) is 5.11 Å². The standard InChI is InChI=1S/C24H15BrINO2/c25-17-9-5-16(6-10-17)23-20(13-14-27)22(15-7-11-18(26)12-8-15)24(29-23)19-3-1-2-4-21(19)28/h1-12,28H,13H2. The molecule has 0 radical (unpaired) electrons. The van der Waals surface area contributed by atoms with Gasteiger partial charge in [-0.05, 0) is 64.6 Å². The molecule has 0 atom stereocenters. The topological polar surface area (TPSA) is 57.2 Å². The molecule has 29 heavy (non-hydrogen) atoms. The average Bonchev–Trinajstić information content (AvgIpc) is 3.09. The number of hydrogen-bond donors (Lipinski definition) is 1. The van der Waals surface area contributed by atoms with Crippen LogP contribution in [0.5, 0.6) is 5.75 Å². The fraction of sp³-hybridized carbons (Fsp3) is 0.0417. The molecule has 1 aromatic heterocycles. The van der Waals surface area contributed by atoms with Crippen molar-refractivity contribution in [3.63, 3.8) is 0 Å². The van der Waals surface area contributed by atoms with Crippen LogP contribution in [-0.2, 0) is 6.42 Å². The first-order valence-electron chi connectivity index (χ1n) is 8.91. The number of halogens is 2. The van der Waals surface area contributed by atoms with E-state index < -0.39 is 0 Å². The highest BCUT2D eigenvalue weighted by Crippen LogP contribution is 2.45. The molecule has 3 aromatic carbocycles. The van der Waals surface area contributed by atoms with Gasteiger partial charge in [-0.25, -0.2) is 0 Å². The lowest BCUT2D eigenvalue weighted by atomic mass is 9.94. The van der Waals surface area contributed by atoms with Crippen LogP contribution in [0, 0.1) is 14.9 Å². The Morgan fingerprint density at radius 3 is 2.21 bits per heavy atom. The first-order valence-corrected chi connectivity index (χ1v) is 10.8. The van der Waals surface area contributed by atoms with Crippen molar-refractivity contribution in [3.05, 3.63) is 86.4 Å². The van der Waals surface area contributed by atoms with Crippen LogP contribution >= 0.6 is 38.5 Å². The minimum absolute atomic E-state index is 0.138. The summed E-state index contributed by atoms with van der Waals surface area (Å²) in [6, 6.07) is 25.2. The van der Waals surface area contributed by atoms with Crippen LogP contribution < -0.4 is 0 Å². The Bertz CT molecular complexity index is 1210. The Morgan fingerprint density at radius 1 is 0.897 bits per heavy atom. The van der Waals surface area contributed by atoms with Crippen LogP contribution in [0.1, 0.15) is 5.56 Å². The Balaban J connectivity index is 2.05. The highest BCUT2D eigenvalue weighted by molar-refractivity contribution is 14.1. The number of hydrogen-bond acceptors (Lipinski definition) is 3. The molecule has 0 spiro atoms. The lowest BCUT2D eigenvalue weighted by Crippen LogP contribution is -1.89. The molecule has 0 saturated heterocycles. The SMILES string of the molecule is N#CCc1c(-c2ccc(Br)cc2)oc(-c2ccccc2O)c1-c1ccc(I)cc1. The maximum Gasteiger partial charge on any atom is 0.146 e. The third-order valence-corrected chi connectivity index (χ3v) is 5.90. The van der Waals surface area contributed by atoms with Crippen molar-refractivity contribution >= 4 is 38.5 Å². The fourth-order valence-electron chi connectivity index (χ4n) is 3.32. The third-order valence-electron chi connectivity index (χ3n) is 4.65. The number of para-hydroxylation sites is 1. The van der Waals surface area contributed by atoms with Gasteiger partial charge >= 0.3 is 0 Å². The average molecular weight is 556 g/mol.